The summed E-state index contributed by atoms with van der Waals surface area (Å²) in [5, 5.41) is 9.30. The smallest absolute Gasteiger partial charge is 0.416 e. The maximum Gasteiger partial charge on any atom is 0.416 e. The lowest BCUT2D eigenvalue weighted by molar-refractivity contribution is -0.0893. The molecule has 1 aliphatic heterocycles. The summed E-state index contributed by atoms with van der Waals surface area (Å²) in [4.78, 5) is 6.50. The number of aryl methyl sites for hydroxylation is 1. The van der Waals surface area contributed by atoms with E-state index in [0.29, 0.717) is 11.6 Å². The first-order valence-electron chi connectivity index (χ1n) is 11.4. The average molecular weight is 498 g/mol. The van der Waals surface area contributed by atoms with E-state index in [1.165, 1.54) is 12.5 Å². The van der Waals surface area contributed by atoms with Gasteiger partial charge in [-0.2, -0.15) is 13.2 Å². The first-order valence-corrected chi connectivity index (χ1v) is 12.4. The van der Waals surface area contributed by atoms with E-state index >= 15 is 0 Å². The van der Waals surface area contributed by atoms with Crippen LogP contribution in [0.4, 0.5) is 17.6 Å². The fourth-order valence-electron chi connectivity index (χ4n) is 5.38. The molecule has 1 spiro atoms. The highest BCUT2D eigenvalue weighted by Gasteiger charge is 2.60. The van der Waals surface area contributed by atoms with Gasteiger partial charge >= 0.3 is 6.18 Å². The topological polar surface area (TPSA) is 60.0 Å². The lowest BCUT2D eigenvalue weighted by Crippen LogP contribution is -2.26. The first kappa shape index (κ1) is 23.6. The van der Waals surface area contributed by atoms with Crippen molar-refractivity contribution in [3.8, 4) is 11.6 Å². The van der Waals surface area contributed by atoms with Crippen LogP contribution in [0.2, 0.25) is 0 Å². The van der Waals surface area contributed by atoms with Crippen molar-refractivity contribution in [2.45, 2.75) is 43.7 Å². The molecule has 0 amide bonds. The molecule has 4 unspecified atom stereocenters. The van der Waals surface area contributed by atoms with Crippen molar-refractivity contribution in [2.75, 3.05) is 25.4 Å². The number of rotatable bonds is 7. The van der Waals surface area contributed by atoms with Crippen molar-refractivity contribution in [3.63, 3.8) is 0 Å². The lowest BCUT2D eigenvalue weighted by atomic mass is 9.86. The molecule has 184 valence electrons. The van der Waals surface area contributed by atoms with Crippen LogP contribution < -0.4 is 0 Å². The monoisotopic (exact) mass is 497 g/mol. The van der Waals surface area contributed by atoms with Gasteiger partial charge in [-0.15, -0.1) is 10.2 Å². The maximum absolute atomic E-state index is 14.5. The predicted octanol–water partition coefficient (Wildman–Crippen LogP) is 4.99. The van der Waals surface area contributed by atoms with Crippen LogP contribution in [0.1, 0.15) is 25.0 Å². The van der Waals surface area contributed by atoms with Gasteiger partial charge in [-0.3, -0.25) is 0 Å². The normalized spacial score (nSPS) is 29.2. The molecule has 5 rings (SSSR count). The van der Waals surface area contributed by atoms with Gasteiger partial charge in [0.1, 0.15) is 6.17 Å². The van der Waals surface area contributed by atoms with Gasteiger partial charge in [0.15, 0.2) is 17.3 Å². The molecular weight excluding hydrogens is 470 g/mol. The highest BCUT2D eigenvalue weighted by atomic mass is 32.2. The van der Waals surface area contributed by atoms with Gasteiger partial charge in [-0.05, 0) is 56.7 Å². The minimum Gasteiger partial charge on any atom is -0.440 e. The SMILES string of the molecule is Cc1ncoc1-c1nnc(SCCCN2CCC3(CC3C3C=CC(C(F)(F)F)=CC3F)C2)n1C. The zero-order valence-corrected chi connectivity index (χ0v) is 19.9. The van der Waals surface area contributed by atoms with Gasteiger partial charge in [-0.25, -0.2) is 9.37 Å². The number of allylic oxidation sites excluding steroid dienone is 4. The molecule has 4 atom stereocenters. The number of thioether (sulfide) groups is 1. The second-order valence-corrected chi connectivity index (χ2v) is 10.6. The van der Waals surface area contributed by atoms with Crippen LogP contribution in [-0.4, -0.2) is 62.4 Å². The second kappa shape index (κ2) is 8.82. The van der Waals surface area contributed by atoms with Gasteiger partial charge in [0.25, 0.3) is 0 Å². The Bertz CT molecular complexity index is 1110. The van der Waals surface area contributed by atoms with Gasteiger partial charge in [0.2, 0.25) is 5.82 Å². The number of oxazole rings is 1. The molecule has 2 fully saturated rings. The minimum absolute atomic E-state index is 0.0590. The van der Waals surface area contributed by atoms with Crippen molar-refractivity contribution >= 4 is 11.8 Å². The molecule has 1 saturated heterocycles. The van der Waals surface area contributed by atoms with E-state index in [0.717, 1.165) is 67.7 Å². The molecule has 0 bridgehead atoms. The summed E-state index contributed by atoms with van der Waals surface area (Å²) in [5.74, 6) is 1.84. The van der Waals surface area contributed by atoms with E-state index in [2.05, 4.69) is 20.1 Å². The number of alkyl halides is 4. The van der Waals surface area contributed by atoms with Gasteiger partial charge in [0.05, 0.1) is 11.3 Å². The van der Waals surface area contributed by atoms with Crippen LogP contribution in [0.25, 0.3) is 11.6 Å². The summed E-state index contributed by atoms with van der Waals surface area (Å²) < 4.78 is 60.4. The van der Waals surface area contributed by atoms with E-state index in [9.17, 15) is 17.6 Å². The first-order chi connectivity index (χ1) is 16.2. The molecule has 3 heterocycles. The quantitative estimate of drug-likeness (QED) is 0.305. The molecule has 1 saturated carbocycles. The number of hydrogen-bond acceptors (Lipinski definition) is 6. The summed E-state index contributed by atoms with van der Waals surface area (Å²) in [5.41, 5.74) is -0.0424. The molecule has 2 aliphatic carbocycles. The van der Waals surface area contributed by atoms with Crippen molar-refractivity contribution in [1.29, 1.82) is 0 Å². The Balaban J connectivity index is 1.08. The fraction of sp³-hybridized carbons (Fsp3) is 0.609. The van der Waals surface area contributed by atoms with Crippen LogP contribution in [0.3, 0.4) is 0 Å². The Morgan fingerprint density at radius 1 is 1.29 bits per heavy atom. The van der Waals surface area contributed by atoms with Crippen LogP contribution in [-0.2, 0) is 7.05 Å². The molecule has 0 N–H and O–H groups in total. The largest absolute Gasteiger partial charge is 0.440 e. The number of aromatic nitrogens is 4. The second-order valence-electron chi connectivity index (χ2n) is 9.53. The summed E-state index contributed by atoms with van der Waals surface area (Å²) in [7, 11) is 1.90. The summed E-state index contributed by atoms with van der Waals surface area (Å²) in [6, 6.07) is 0. The molecule has 11 heteroatoms. The average Bonchev–Trinajstić information content (AvgIpc) is 3.07. The van der Waals surface area contributed by atoms with Gasteiger partial charge < -0.3 is 13.9 Å². The number of halogens is 4. The van der Waals surface area contributed by atoms with Gasteiger partial charge in [-0.1, -0.05) is 23.9 Å². The molecule has 2 aromatic rings. The fourth-order valence-corrected chi connectivity index (χ4v) is 6.21. The Morgan fingerprint density at radius 2 is 2.12 bits per heavy atom. The highest BCUT2D eigenvalue weighted by molar-refractivity contribution is 7.99. The van der Waals surface area contributed by atoms with E-state index in [-0.39, 0.29) is 11.3 Å². The standard InChI is InChI=1S/C23H27F4N5OS/c1-14-19(33-13-28-14)20-29-30-21(31(20)2)34-9-3-7-32-8-6-22(12-32)11-17(22)16-5-4-15(10-18(16)24)23(25,26)27/h4-5,10,13,16-18H,3,6-9,11-12H2,1-2H3. The van der Waals surface area contributed by atoms with E-state index in [4.69, 9.17) is 4.42 Å². The van der Waals surface area contributed by atoms with Crippen LogP contribution in [0, 0.1) is 24.2 Å². The van der Waals surface area contributed by atoms with Crippen molar-refractivity contribution in [1.82, 2.24) is 24.6 Å². The third kappa shape index (κ3) is 4.44. The Morgan fingerprint density at radius 3 is 2.82 bits per heavy atom. The summed E-state index contributed by atoms with van der Waals surface area (Å²) >= 11 is 1.64. The summed E-state index contributed by atoms with van der Waals surface area (Å²) in [6.45, 7) is 4.65. The van der Waals surface area contributed by atoms with Crippen molar-refractivity contribution in [2.24, 2.45) is 24.3 Å². The highest BCUT2D eigenvalue weighted by Crippen LogP contribution is 2.63. The maximum atomic E-state index is 14.5. The Hall–Kier alpha value is -2.14. The Kier molecular flexibility index (Phi) is 6.12. The number of likely N-dealkylation sites (tertiary alicyclic amines) is 1. The third-order valence-corrected chi connectivity index (χ3v) is 8.45. The van der Waals surface area contributed by atoms with Gasteiger partial charge in [0, 0.05) is 25.3 Å². The third-order valence-electron chi connectivity index (χ3n) is 7.35. The zero-order valence-electron chi connectivity index (χ0n) is 19.1. The molecule has 3 aliphatic rings. The Labute approximate surface area is 199 Å². The molecule has 0 radical (unpaired) electrons. The van der Waals surface area contributed by atoms with Crippen LogP contribution in [0.15, 0.2) is 39.8 Å². The van der Waals surface area contributed by atoms with Crippen LogP contribution in [0.5, 0.6) is 0 Å². The molecule has 6 nitrogen and oxygen atoms in total. The van der Waals surface area contributed by atoms with E-state index in [1.807, 2.05) is 18.5 Å². The lowest BCUT2D eigenvalue weighted by Gasteiger charge is -2.23. The van der Waals surface area contributed by atoms with E-state index in [1.54, 1.807) is 11.8 Å². The molecule has 34 heavy (non-hydrogen) atoms. The summed E-state index contributed by atoms with van der Waals surface area (Å²) in [6.07, 6.45) is 1.45. The predicted molar refractivity (Wildman–Crippen MR) is 120 cm³/mol. The number of nitrogens with zero attached hydrogens (tertiary/aromatic N) is 5. The molecular formula is C23H27F4N5OS. The number of hydrogen-bond donors (Lipinski definition) is 0. The van der Waals surface area contributed by atoms with Crippen molar-refractivity contribution in [3.05, 3.63) is 35.9 Å². The minimum atomic E-state index is -4.49. The molecule has 2 aromatic heterocycles. The van der Waals surface area contributed by atoms with Crippen LogP contribution >= 0.6 is 11.8 Å². The molecule has 0 aromatic carbocycles. The zero-order chi connectivity index (χ0) is 24.1. The van der Waals surface area contributed by atoms with E-state index < -0.39 is 23.8 Å². The van der Waals surface area contributed by atoms with Crippen molar-refractivity contribution < 1.29 is 22.0 Å².